The molecule has 4 aliphatic rings. The van der Waals surface area contributed by atoms with Crippen LogP contribution in [-0.2, 0) is 4.79 Å². The SMILES string of the molecule is CC[C@@H](C(C)C)[C@@H](O)[C@H](O)[C@@H](C)[C@H]1CC[C@H]2[C@@H]3CC(=O)[C@@]4(O)C[C@@H](O)CC[C@]4(C)[C@H]3CC[C@]12C. The minimum absolute atomic E-state index is 0.00555. The first-order chi connectivity index (χ1) is 15.8. The van der Waals surface area contributed by atoms with E-state index in [9.17, 15) is 25.2 Å². The molecule has 0 radical (unpaired) electrons. The molecule has 5 heteroatoms. The Bertz CT molecular complexity index is 768. The van der Waals surface area contributed by atoms with Crippen LogP contribution in [0.3, 0.4) is 0 Å². The van der Waals surface area contributed by atoms with Gasteiger partial charge in [0.25, 0.3) is 0 Å². The molecular formula is C29H50O5. The molecule has 0 aromatic carbocycles. The number of hydrogen-bond donors (Lipinski definition) is 4. The Hall–Kier alpha value is -0.490. The van der Waals surface area contributed by atoms with E-state index in [0.29, 0.717) is 42.9 Å². The summed E-state index contributed by atoms with van der Waals surface area (Å²) in [6.45, 7) is 12.9. The fraction of sp³-hybridized carbons (Fsp3) is 0.966. The van der Waals surface area contributed by atoms with Crippen molar-refractivity contribution in [2.75, 3.05) is 0 Å². The minimum Gasteiger partial charge on any atom is -0.393 e. The molecule has 12 atom stereocenters. The lowest BCUT2D eigenvalue weighted by Crippen LogP contribution is -2.67. The minimum atomic E-state index is -1.39. The summed E-state index contributed by atoms with van der Waals surface area (Å²) in [5.41, 5.74) is -1.81. The Morgan fingerprint density at radius 1 is 0.971 bits per heavy atom. The van der Waals surface area contributed by atoms with E-state index < -0.39 is 29.3 Å². The monoisotopic (exact) mass is 478 g/mol. The maximum absolute atomic E-state index is 13.4. The maximum atomic E-state index is 13.4. The molecule has 4 saturated carbocycles. The van der Waals surface area contributed by atoms with Crippen molar-refractivity contribution in [1.29, 1.82) is 0 Å². The molecular weight excluding hydrogens is 428 g/mol. The second kappa shape index (κ2) is 9.11. The highest BCUT2D eigenvalue weighted by Gasteiger charge is 2.67. The van der Waals surface area contributed by atoms with Gasteiger partial charge in [-0.1, -0.05) is 48.0 Å². The highest BCUT2D eigenvalue weighted by molar-refractivity contribution is 5.89. The topological polar surface area (TPSA) is 98.0 Å². The standard InChI is InChI=1S/C29H50O5/c1-7-19(16(2)3)26(33)25(32)17(4)21-8-9-22-20-14-24(31)29(34)15-18(30)10-13-28(29,6)23(20)11-12-27(21,22)5/h16-23,25-26,30,32-34H,7-15H2,1-6H3/t17-,18-,19-,20-,21+,22-,23-,25+,26+,27+,28+,29-/m0/s1. The molecule has 0 heterocycles. The van der Waals surface area contributed by atoms with Crippen molar-refractivity contribution in [2.45, 2.75) is 123 Å². The van der Waals surface area contributed by atoms with E-state index in [-0.39, 0.29) is 35.4 Å². The van der Waals surface area contributed by atoms with Crippen LogP contribution in [0.25, 0.3) is 0 Å². The van der Waals surface area contributed by atoms with Gasteiger partial charge in [-0.25, -0.2) is 0 Å². The van der Waals surface area contributed by atoms with Gasteiger partial charge in [-0.2, -0.15) is 0 Å². The first-order valence-corrected chi connectivity index (χ1v) is 14.1. The summed E-state index contributed by atoms with van der Waals surface area (Å²) in [7, 11) is 0. The number of aliphatic hydroxyl groups is 4. The van der Waals surface area contributed by atoms with Gasteiger partial charge >= 0.3 is 0 Å². The molecule has 0 amide bonds. The number of hydrogen-bond acceptors (Lipinski definition) is 5. The molecule has 4 rings (SSSR count). The third-order valence-corrected chi connectivity index (χ3v) is 12.0. The number of aliphatic hydroxyl groups excluding tert-OH is 3. The fourth-order valence-corrected chi connectivity index (χ4v) is 9.83. The van der Waals surface area contributed by atoms with Gasteiger partial charge in [0.2, 0.25) is 0 Å². The first kappa shape index (κ1) is 26.6. The summed E-state index contributed by atoms with van der Waals surface area (Å²) in [6.07, 6.45) is 4.92. The second-order valence-corrected chi connectivity index (χ2v) is 13.6. The Balaban J connectivity index is 1.57. The van der Waals surface area contributed by atoms with Gasteiger partial charge in [0.1, 0.15) is 5.60 Å². The van der Waals surface area contributed by atoms with Crippen LogP contribution in [-0.4, -0.2) is 50.1 Å². The lowest BCUT2D eigenvalue weighted by molar-refractivity contribution is -0.214. The predicted molar refractivity (Wildman–Crippen MR) is 133 cm³/mol. The predicted octanol–water partition coefficient (Wildman–Crippen LogP) is 4.34. The van der Waals surface area contributed by atoms with Gasteiger partial charge in [0, 0.05) is 18.3 Å². The molecule has 5 nitrogen and oxygen atoms in total. The zero-order valence-corrected chi connectivity index (χ0v) is 22.3. The molecule has 0 aromatic rings. The molecule has 0 unspecified atom stereocenters. The van der Waals surface area contributed by atoms with Gasteiger partial charge < -0.3 is 20.4 Å². The van der Waals surface area contributed by atoms with Crippen molar-refractivity contribution in [3.05, 3.63) is 0 Å². The Morgan fingerprint density at radius 2 is 1.65 bits per heavy atom. The zero-order chi connectivity index (χ0) is 25.2. The summed E-state index contributed by atoms with van der Waals surface area (Å²) in [5.74, 6) is 1.66. The van der Waals surface area contributed by atoms with E-state index in [0.717, 1.165) is 32.1 Å². The van der Waals surface area contributed by atoms with Crippen LogP contribution in [0, 0.1) is 52.3 Å². The number of carbonyl (C=O) groups is 1. The van der Waals surface area contributed by atoms with Crippen LogP contribution in [0.5, 0.6) is 0 Å². The molecule has 0 saturated heterocycles. The van der Waals surface area contributed by atoms with Crippen molar-refractivity contribution in [2.24, 2.45) is 52.3 Å². The summed E-state index contributed by atoms with van der Waals surface area (Å²) in [6, 6.07) is 0. The van der Waals surface area contributed by atoms with E-state index in [2.05, 4.69) is 41.5 Å². The van der Waals surface area contributed by atoms with Crippen LogP contribution < -0.4 is 0 Å². The third kappa shape index (κ3) is 3.74. The van der Waals surface area contributed by atoms with Crippen LogP contribution >= 0.6 is 0 Å². The van der Waals surface area contributed by atoms with Crippen molar-refractivity contribution in [1.82, 2.24) is 0 Å². The average molecular weight is 479 g/mol. The molecule has 4 fully saturated rings. The quantitative estimate of drug-likeness (QED) is 0.455. The number of ketones is 1. The third-order valence-electron chi connectivity index (χ3n) is 12.0. The van der Waals surface area contributed by atoms with Crippen LogP contribution in [0.15, 0.2) is 0 Å². The zero-order valence-electron chi connectivity index (χ0n) is 22.3. The Kier molecular flexibility index (Phi) is 7.12. The van der Waals surface area contributed by atoms with Crippen LogP contribution in [0.4, 0.5) is 0 Å². The van der Waals surface area contributed by atoms with Gasteiger partial charge in [-0.3, -0.25) is 4.79 Å². The molecule has 0 spiro atoms. The molecule has 196 valence electrons. The largest absolute Gasteiger partial charge is 0.393 e. The number of carbonyl (C=O) groups excluding carboxylic acids is 1. The van der Waals surface area contributed by atoms with E-state index in [4.69, 9.17) is 0 Å². The molecule has 4 N–H and O–H groups in total. The highest BCUT2D eigenvalue weighted by atomic mass is 16.3. The second-order valence-electron chi connectivity index (χ2n) is 13.6. The number of Topliss-reactive ketones (excluding diaryl/α,β-unsaturated/α-hetero) is 1. The fourth-order valence-electron chi connectivity index (χ4n) is 9.83. The van der Waals surface area contributed by atoms with Crippen LogP contribution in [0.1, 0.15) is 99.3 Å². The van der Waals surface area contributed by atoms with Crippen molar-refractivity contribution in [3.8, 4) is 0 Å². The highest BCUT2D eigenvalue weighted by Crippen LogP contribution is 2.68. The molecule has 4 aliphatic carbocycles. The maximum Gasteiger partial charge on any atom is 0.165 e. The van der Waals surface area contributed by atoms with E-state index in [1.54, 1.807) is 0 Å². The number of fused-ring (bicyclic) bond motifs is 5. The van der Waals surface area contributed by atoms with E-state index >= 15 is 0 Å². The normalized spacial score (nSPS) is 48.0. The van der Waals surface area contributed by atoms with Crippen molar-refractivity contribution >= 4 is 5.78 Å². The smallest absolute Gasteiger partial charge is 0.165 e. The van der Waals surface area contributed by atoms with Crippen LogP contribution in [0.2, 0.25) is 0 Å². The van der Waals surface area contributed by atoms with Gasteiger partial charge in [-0.05, 0) is 85.4 Å². The molecule has 0 aromatic heterocycles. The van der Waals surface area contributed by atoms with Gasteiger partial charge in [0.15, 0.2) is 5.78 Å². The summed E-state index contributed by atoms with van der Waals surface area (Å²) >= 11 is 0. The van der Waals surface area contributed by atoms with E-state index in [1.807, 2.05) is 0 Å². The Morgan fingerprint density at radius 3 is 2.26 bits per heavy atom. The molecule has 0 aliphatic heterocycles. The van der Waals surface area contributed by atoms with Gasteiger partial charge in [-0.15, -0.1) is 0 Å². The first-order valence-electron chi connectivity index (χ1n) is 14.1. The summed E-state index contributed by atoms with van der Waals surface area (Å²) in [4.78, 5) is 13.4. The molecule has 34 heavy (non-hydrogen) atoms. The summed E-state index contributed by atoms with van der Waals surface area (Å²) < 4.78 is 0. The Labute approximate surface area is 206 Å². The van der Waals surface area contributed by atoms with E-state index in [1.165, 1.54) is 0 Å². The summed E-state index contributed by atoms with van der Waals surface area (Å²) in [5, 5.41) is 44.1. The van der Waals surface area contributed by atoms with Crippen molar-refractivity contribution < 1.29 is 25.2 Å². The lowest BCUT2D eigenvalue weighted by Gasteiger charge is -2.63. The lowest BCUT2D eigenvalue weighted by atomic mass is 9.42. The molecule has 0 bridgehead atoms. The average Bonchev–Trinajstić information content (AvgIpc) is 3.12. The van der Waals surface area contributed by atoms with Crippen molar-refractivity contribution in [3.63, 3.8) is 0 Å². The van der Waals surface area contributed by atoms with Gasteiger partial charge in [0.05, 0.1) is 18.3 Å². The number of rotatable bonds is 6.